The van der Waals surface area contributed by atoms with Crippen molar-refractivity contribution in [2.45, 2.75) is 255 Å². The summed E-state index contributed by atoms with van der Waals surface area (Å²) in [5.41, 5.74) is -1.63. The van der Waals surface area contributed by atoms with Gasteiger partial charge < -0.3 is 49.2 Å². The Balaban J connectivity index is 0.00000109. The second kappa shape index (κ2) is 30.3. The molecule has 3 amide bonds. The molecule has 0 aliphatic carbocycles. The fourth-order valence-corrected chi connectivity index (χ4v) is 9.04. The minimum absolute atomic E-state index is 0.00327. The normalized spacial score (nSPS) is 19.6. The fraction of sp³-hybridized carbons (Fsp3) is 0.818. The van der Waals surface area contributed by atoms with Crippen molar-refractivity contribution in [3.05, 3.63) is 25.3 Å². The Morgan fingerprint density at radius 1 is 0.667 bits per heavy atom. The van der Waals surface area contributed by atoms with E-state index in [1.165, 1.54) is 0 Å². The number of aliphatic carboxylic acids is 1. The number of allylic oxidation sites excluding steroid dienone is 2. The molecule has 16 nitrogen and oxygen atoms in total. The van der Waals surface area contributed by atoms with Crippen LogP contribution in [0.1, 0.15) is 196 Å². The van der Waals surface area contributed by atoms with E-state index in [0.29, 0.717) is 62.7 Å². The van der Waals surface area contributed by atoms with Gasteiger partial charge in [-0.1, -0.05) is 88.3 Å². The summed E-state index contributed by atoms with van der Waals surface area (Å²) in [6.45, 7) is 47.2. The van der Waals surface area contributed by atoms with Crippen molar-refractivity contribution in [3.8, 4) is 0 Å². The number of cyclic esters (lactones) is 2. The van der Waals surface area contributed by atoms with Crippen LogP contribution >= 0.6 is 0 Å². The van der Waals surface area contributed by atoms with E-state index in [-0.39, 0.29) is 58.6 Å². The average Bonchev–Trinajstić information content (AvgIpc) is 3.77. The smallest absolute Gasteiger partial charge is 0.408 e. The lowest BCUT2D eigenvalue weighted by Crippen LogP contribution is -2.49. The Morgan fingerprint density at radius 2 is 1.11 bits per heavy atom. The van der Waals surface area contributed by atoms with Gasteiger partial charge in [0.05, 0.1) is 36.1 Å². The third-order valence-corrected chi connectivity index (χ3v) is 14.5. The predicted octanol–water partition coefficient (Wildman–Crippen LogP) is 11.4. The molecule has 0 spiro atoms. The molecule has 4 N–H and O–H groups in total. The molecule has 17 heteroatoms. The van der Waals surface area contributed by atoms with Gasteiger partial charge in [0.15, 0.2) is 9.76 Å². The standard InChI is InChI=1S/C24H47NO5Si.C17H29NO4.C14H25NO4/c1-12-13-17(20(26)27)15-19(30-31-24(10,11)22(4,5)6)18(14-16(2)3)25-21(28)29-23(7,8)9;1-7-8-12-10-14(21-15(12)19)13(9-11(2)3)18-16(20)22-17(4,5)6;1-9(2)8-10(11-6-7-12(16)18-11)15-13(17)19-14(3,4)5/h12,16-19H,1,13-15,31H2,2-11H3,(H,25,28)(H,26,27);7,11-14H,1,8-10H2,2-6H3,(H,18,20);9-11H,6-8H2,1-5H3,(H,15,17)/t17-,18+,19+;12-,13+,14+;10-,11-/m110/s1. The lowest BCUT2D eigenvalue weighted by molar-refractivity contribution is -0.145. The first-order valence-electron chi connectivity index (χ1n) is 26.1. The topological polar surface area (TPSA) is 214 Å². The number of ether oxygens (including phenoxy) is 5. The SMILES string of the molecule is C=CC[C@@H]1C[C@@H]([C@H](CC(C)C)NC(=O)OC(C)(C)C)OC1=O.C=CC[C@H](C[C@H](O[SiH2]C(C)(C)C(C)(C)C)[C@H](CC(C)C)NC(=O)OC(C)(C)C)C(=O)O.CC(C)C[C@H](NC(=O)OC(C)(C)C)[C@@H]1CCC(=O)O1. The van der Waals surface area contributed by atoms with Crippen LogP contribution in [0.5, 0.6) is 0 Å². The fourth-order valence-electron chi connectivity index (χ4n) is 7.61. The molecule has 2 heterocycles. The van der Waals surface area contributed by atoms with E-state index < -0.39 is 62.8 Å². The van der Waals surface area contributed by atoms with Crippen molar-refractivity contribution in [3.63, 3.8) is 0 Å². The molecule has 2 aliphatic rings. The first-order chi connectivity index (χ1) is 32.7. The van der Waals surface area contributed by atoms with Gasteiger partial charge in [0.25, 0.3) is 0 Å². The van der Waals surface area contributed by atoms with Crippen molar-refractivity contribution in [1.82, 2.24) is 16.0 Å². The molecule has 2 rings (SSSR count). The van der Waals surface area contributed by atoms with Crippen LogP contribution in [0.4, 0.5) is 14.4 Å². The zero-order valence-corrected chi connectivity index (χ0v) is 49.8. The van der Waals surface area contributed by atoms with Gasteiger partial charge in [0, 0.05) is 6.42 Å². The van der Waals surface area contributed by atoms with Crippen LogP contribution in [0.15, 0.2) is 25.3 Å². The van der Waals surface area contributed by atoms with Crippen LogP contribution in [-0.4, -0.2) is 104 Å². The third-order valence-electron chi connectivity index (χ3n) is 12.1. The van der Waals surface area contributed by atoms with Crippen LogP contribution in [0.25, 0.3) is 0 Å². The molecule has 418 valence electrons. The first kappa shape index (κ1) is 67.9. The molecule has 2 fully saturated rings. The Hall–Kier alpha value is -4.12. The molecule has 0 saturated carbocycles. The van der Waals surface area contributed by atoms with Gasteiger partial charge in [-0.15, -0.1) is 13.2 Å². The number of rotatable bonds is 22. The number of hydrogen-bond donors (Lipinski definition) is 4. The van der Waals surface area contributed by atoms with Gasteiger partial charge in [-0.3, -0.25) is 14.4 Å². The van der Waals surface area contributed by atoms with Gasteiger partial charge in [0.1, 0.15) is 29.0 Å². The van der Waals surface area contributed by atoms with Gasteiger partial charge in [-0.2, -0.15) is 0 Å². The van der Waals surface area contributed by atoms with Gasteiger partial charge >= 0.3 is 36.2 Å². The zero-order chi connectivity index (χ0) is 56.2. The predicted molar refractivity (Wildman–Crippen MR) is 287 cm³/mol. The zero-order valence-electron chi connectivity index (χ0n) is 48.3. The lowest BCUT2D eigenvalue weighted by atomic mass is 9.82. The maximum atomic E-state index is 12.6. The highest BCUT2D eigenvalue weighted by atomic mass is 28.2. The van der Waals surface area contributed by atoms with Crippen molar-refractivity contribution in [2.75, 3.05) is 0 Å². The molecule has 72 heavy (non-hydrogen) atoms. The molecule has 0 aromatic carbocycles. The van der Waals surface area contributed by atoms with E-state index in [0.717, 1.165) is 12.8 Å². The highest BCUT2D eigenvalue weighted by Gasteiger charge is 2.41. The van der Waals surface area contributed by atoms with E-state index in [1.54, 1.807) is 12.2 Å². The van der Waals surface area contributed by atoms with Gasteiger partial charge in [-0.05, 0) is 142 Å². The van der Waals surface area contributed by atoms with E-state index >= 15 is 0 Å². The molecule has 0 aromatic rings. The number of nitrogens with one attached hydrogen (secondary N) is 3. The lowest BCUT2D eigenvalue weighted by Gasteiger charge is -2.40. The van der Waals surface area contributed by atoms with Crippen molar-refractivity contribution in [1.29, 1.82) is 0 Å². The monoisotopic (exact) mass is 1040 g/mol. The number of carboxylic acids is 1. The highest BCUT2D eigenvalue weighted by molar-refractivity contribution is 6.32. The highest BCUT2D eigenvalue weighted by Crippen LogP contribution is 2.44. The quantitative estimate of drug-likeness (QED) is 0.0344. The van der Waals surface area contributed by atoms with Crippen molar-refractivity contribution in [2.24, 2.45) is 35.0 Å². The van der Waals surface area contributed by atoms with Crippen LogP contribution < -0.4 is 16.0 Å². The molecule has 0 unspecified atom stereocenters. The summed E-state index contributed by atoms with van der Waals surface area (Å²) in [5, 5.41) is 18.4. The molecule has 0 aromatic heterocycles. The maximum Gasteiger partial charge on any atom is 0.408 e. The van der Waals surface area contributed by atoms with Crippen LogP contribution in [0, 0.1) is 35.0 Å². The summed E-state index contributed by atoms with van der Waals surface area (Å²) in [5.74, 6) is -0.954. The summed E-state index contributed by atoms with van der Waals surface area (Å²) in [7, 11) is -1.05. The van der Waals surface area contributed by atoms with Crippen LogP contribution in [0.3, 0.4) is 0 Å². The summed E-state index contributed by atoms with van der Waals surface area (Å²) >= 11 is 0. The van der Waals surface area contributed by atoms with Crippen molar-refractivity contribution >= 4 is 46.0 Å². The largest absolute Gasteiger partial charge is 0.481 e. The summed E-state index contributed by atoms with van der Waals surface area (Å²) in [4.78, 5) is 71.3. The summed E-state index contributed by atoms with van der Waals surface area (Å²) in [6, 6.07) is -0.736. The van der Waals surface area contributed by atoms with Crippen molar-refractivity contribution < 1.29 is 62.0 Å². The molecular weight excluding hydrogens is 939 g/mol. The first-order valence-corrected chi connectivity index (χ1v) is 27.4. The number of hydrogen-bond acceptors (Lipinski definition) is 12. The Kier molecular flexibility index (Phi) is 28.6. The minimum atomic E-state index is -1.05. The Bertz CT molecular complexity index is 1720. The average molecular weight is 1040 g/mol. The van der Waals surface area contributed by atoms with Gasteiger partial charge in [0.2, 0.25) is 0 Å². The molecule has 0 bridgehead atoms. The number of alkyl carbamates (subject to hydrolysis) is 3. The molecule has 2 saturated heterocycles. The Morgan fingerprint density at radius 3 is 1.47 bits per heavy atom. The number of carbonyl (C=O) groups is 6. The second-order valence-electron chi connectivity index (χ2n) is 25.4. The number of esters is 2. The van der Waals surface area contributed by atoms with Crippen LogP contribution in [0.2, 0.25) is 5.04 Å². The van der Waals surface area contributed by atoms with E-state index in [4.69, 9.17) is 28.1 Å². The number of amides is 3. The number of carboxylic acid groups (broad SMARTS) is 1. The number of carbonyl (C=O) groups excluding carboxylic acids is 5. The summed E-state index contributed by atoms with van der Waals surface area (Å²) in [6.07, 6.45) is 6.15. The second-order valence-corrected chi connectivity index (χ2v) is 27.8. The van der Waals surface area contributed by atoms with E-state index in [2.05, 4.69) is 105 Å². The molecule has 8 atom stereocenters. The minimum Gasteiger partial charge on any atom is -0.481 e. The third kappa shape index (κ3) is 29.5. The Labute approximate surface area is 437 Å². The van der Waals surface area contributed by atoms with Crippen LogP contribution in [-0.2, 0) is 42.5 Å². The maximum absolute atomic E-state index is 12.6. The van der Waals surface area contributed by atoms with Gasteiger partial charge in [-0.25, -0.2) is 14.4 Å². The molecule has 0 radical (unpaired) electrons. The van der Waals surface area contributed by atoms with E-state index in [1.807, 2.05) is 62.3 Å². The molecule has 2 aliphatic heterocycles. The van der Waals surface area contributed by atoms with E-state index in [9.17, 15) is 33.9 Å². The molecular formula is C55H101N3O13Si. The summed E-state index contributed by atoms with van der Waals surface area (Å²) < 4.78 is 33.3.